The molecule has 0 atom stereocenters. The normalized spacial score (nSPS) is 10.7. The van der Waals surface area contributed by atoms with Gasteiger partial charge in [-0.1, -0.05) is 72.4 Å². The van der Waals surface area contributed by atoms with E-state index < -0.39 is 0 Å². The van der Waals surface area contributed by atoms with Crippen LogP contribution in [0.4, 0.5) is 0 Å². The van der Waals surface area contributed by atoms with E-state index >= 15 is 0 Å². The molecule has 2 aromatic carbocycles. The molecular weight excluding hydrogens is 382 g/mol. The van der Waals surface area contributed by atoms with E-state index in [0.29, 0.717) is 29.7 Å². The molecule has 0 fully saturated rings. The molecule has 0 unspecified atom stereocenters. The van der Waals surface area contributed by atoms with E-state index in [9.17, 15) is 9.59 Å². The van der Waals surface area contributed by atoms with Crippen molar-refractivity contribution in [1.82, 2.24) is 14.5 Å². The summed E-state index contributed by atoms with van der Waals surface area (Å²) in [5, 5.41) is 0.556. The lowest BCUT2D eigenvalue weighted by molar-refractivity contribution is -0.131. The number of thioether (sulfide) groups is 1. The Kier molecular flexibility index (Phi) is 7.25. The van der Waals surface area contributed by atoms with Crippen molar-refractivity contribution in [2.45, 2.75) is 31.3 Å². The van der Waals surface area contributed by atoms with Gasteiger partial charge in [-0.15, -0.1) is 0 Å². The highest BCUT2D eigenvalue weighted by Gasteiger charge is 2.16. The summed E-state index contributed by atoms with van der Waals surface area (Å²) < 4.78 is 1.49. The van der Waals surface area contributed by atoms with Crippen molar-refractivity contribution in [3.05, 3.63) is 82.6 Å². The number of hydrogen-bond donors (Lipinski definition) is 0. The molecular formula is C23H25N3O2S. The van der Waals surface area contributed by atoms with Crippen LogP contribution in [-0.2, 0) is 17.1 Å². The third-order valence-corrected chi connectivity index (χ3v) is 5.71. The number of nitrogens with zero attached hydrogens (tertiary/aromatic N) is 3. The predicted molar refractivity (Wildman–Crippen MR) is 118 cm³/mol. The van der Waals surface area contributed by atoms with Crippen LogP contribution in [0.1, 0.15) is 19.4 Å². The Morgan fingerprint density at radius 2 is 1.62 bits per heavy atom. The molecule has 0 aliphatic rings. The van der Waals surface area contributed by atoms with Crippen molar-refractivity contribution in [3.8, 4) is 11.3 Å². The number of carbonyl (C=O) groups is 1. The van der Waals surface area contributed by atoms with E-state index in [1.165, 1.54) is 22.4 Å². The monoisotopic (exact) mass is 407 g/mol. The minimum absolute atomic E-state index is 0.000292. The number of hydrogen-bond acceptors (Lipinski definition) is 4. The average Bonchev–Trinajstić information content (AvgIpc) is 2.76. The molecule has 1 aromatic heterocycles. The quantitative estimate of drug-likeness (QED) is 0.417. The topological polar surface area (TPSA) is 55.2 Å². The zero-order valence-corrected chi connectivity index (χ0v) is 17.6. The van der Waals surface area contributed by atoms with Crippen LogP contribution in [0.3, 0.4) is 0 Å². The molecule has 0 spiro atoms. The minimum Gasteiger partial charge on any atom is -0.342 e. The molecule has 0 radical (unpaired) electrons. The van der Waals surface area contributed by atoms with Gasteiger partial charge in [0.2, 0.25) is 5.91 Å². The van der Waals surface area contributed by atoms with Gasteiger partial charge in [-0.05, 0) is 19.4 Å². The Bertz CT molecular complexity index is 1000. The molecule has 0 aliphatic heterocycles. The fourth-order valence-electron chi connectivity index (χ4n) is 3.03. The van der Waals surface area contributed by atoms with Crippen molar-refractivity contribution in [1.29, 1.82) is 0 Å². The van der Waals surface area contributed by atoms with Gasteiger partial charge in [-0.3, -0.25) is 14.2 Å². The maximum Gasteiger partial charge on any atom is 0.255 e. The van der Waals surface area contributed by atoms with Crippen molar-refractivity contribution < 1.29 is 4.79 Å². The largest absolute Gasteiger partial charge is 0.342 e. The molecule has 0 bridgehead atoms. The van der Waals surface area contributed by atoms with Crippen LogP contribution in [0.25, 0.3) is 11.3 Å². The van der Waals surface area contributed by atoms with E-state index in [1.54, 1.807) is 4.90 Å². The SMILES string of the molecule is CCN(CC)C(=O)Cn1c(SCc2ccccc2)nc(-c2ccccc2)cc1=O. The summed E-state index contributed by atoms with van der Waals surface area (Å²) in [6.45, 7) is 5.11. The number of aromatic nitrogens is 2. The summed E-state index contributed by atoms with van der Waals surface area (Å²) in [7, 11) is 0. The first-order valence-corrected chi connectivity index (χ1v) is 10.7. The second-order valence-corrected chi connectivity index (χ2v) is 7.50. The maximum absolute atomic E-state index is 12.9. The number of rotatable bonds is 8. The summed E-state index contributed by atoms with van der Waals surface area (Å²) >= 11 is 1.47. The summed E-state index contributed by atoms with van der Waals surface area (Å²) in [4.78, 5) is 32.0. The smallest absolute Gasteiger partial charge is 0.255 e. The molecule has 0 saturated heterocycles. The molecule has 3 rings (SSSR count). The Morgan fingerprint density at radius 3 is 2.24 bits per heavy atom. The standard InChI is InChI=1S/C23H25N3O2S/c1-3-25(4-2)22(28)16-26-21(27)15-20(19-13-9-6-10-14-19)24-23(26)29-17-18-11-7-5-8-12-18/h5-15H,3-4,16-17H2,1-2H3. The van der Waals surface area contributed by atoms with Gasteiger partial charge in [0.25, 0.3) is 5.56 Å². The predicted octanol–water partition coefficient (Wildman–Crippen LogP) is 4.07. The summed E-state index contributed by atoms with van der Waals surface area (Å²) in [5.74, 6) is 0.596. The van der Waals surface area contributed by atoms with Crippen molar-refractivity contribution >= 4 is 17.7 Å². The third-order valence-electron chi connectivity index (χ3n) is 4.66. The van der Waals surface area contributed by atoms with Gasteiger partial charge in [-0.25, -0.2) is 4.98 Å². The highest BCUT2D eigenvalue weighted by molar-refractivity contribution is 7.98. The van der Waals surface area contributed by atoms with Crippen LogP contribution in [0, 0.1) is 0 Å². The fraction of sp³-hybridized carbons (Fsp3) is 0.261. The molecule has 5 nitrogen and oxygen atoms in total. The summed E-state index contributed by atoms with van der Waals surface area (Å²) in [6.07, 6.45) is 0. The lowest BCUT2D eigenvalue weighted by Crippen LogP contribution is -2.37. The summed E-state index contributed by atoms with van der Waals surface area (Å²) in [5.41, 5.74) is 2.43. The minimum atomic E-state index is -0.213. The zero-order chi connectivity index (χ0) is 20.6. The van der Waals surface area contributed by atoms with Crippen LogP contribution in [0.5, 0.6) is 0 Å². The average molecular weight is 408 g/mol. The fourth-order valence-corrected chi connectivity index (χ4v) is 3.99. The summed E-state index contributed by atoms with van der Waals surface area (Å²) in [6, 6.07) is 21.2. The van der Waals surface area contributed by atoms with E-state index in [0.717, 1.165) is 11.1 Å². The van der Waals surface area contributed by atoms with Gasteiger partial charge < -0.3 is 4.90 Å². The van der Waals surface area contributed by atoms with E-state index in [4.69, 9.17) is 4.98 Å². The van der Waals surface area contributed by atoms with Crippen LogP contribution < -0.4 is 5.56 Å². The van der Waals surface area contributed by atoms with Crippen molar-refractivity contribution in [3.63, 3.8) is 0 Å². The highest BCUT2D eigenvalue weighted by Crippen LogP contribution is 2.23. The molecule has 1 heterocycles. The van der Waals surface area contributed by atoms with E-state index in [-0.39, 0.29) is 18.0 Å². The Labute approximate surface area is 175 Å². The molecule has 6 heteroatoms. The van der Waals surface area contributed by atoms with Gasteiger partial charge in [-0.2, -0.15) is 0 Å². The Balaban J connectivity index is 1.96. The van der Waals surface area contributed by atoms with Crippen molar-refractivity contribution in [2.75, 3.05) is 13.1 Å². The molecule has 1 amide bonds. The first-order chi connectivity index (χ1) is 14.1. The van der Waals surface area contributed by atoms with Gasteiger partial charge in [0.05, 0.1) is 5.69 Å². The number of likely N-dealkylation sites (N-methyl/N-ethyl adjacent to an activating group) is 1. The van der Waals surface area contributed by atoms with Crippen LogP contribution >= 0.6 is 11.8 Å². The highest BCUT2D eigenvalue weighted by atomic mass is 32.2. The van der Waals surface area contributed by atoms with Crippen LogP contribution in [0.15, 0.2) is 76.7 Å². The number of benzene rings is 2. The lowest BCUT2D eigenvalue weighted by atomic mass is 10.1. The first kappa shape index (κ1) is 20.9. The second kappa shape index (κ2) is 10.1. The van der Waals surface area contributed by atoms with Gasteiger partial charge in [0, 0.05) is 30.5 Å². The number of amides is 1. The maximum atomic E-state index is 12.9. The lowest BCUT2D eigenvalue weighted by Gasteiger charge is -2.20. The molecule has 0 saturated carbocycles. The van der Waals surface area contributed by atoms with Gasteiger partial charge >= 0.3 is 0 Å². The van der Waals surface area contributed by atoms with E-state index in [2.05, 4.69) is 0 Å². The van der Waals surface area contributed by atoms with Crippen LogP contribution in [0.2, 0.25) is 0 Å². The molecule has 0 aliphatic carbocycles. The third kappa shape index (κ3) is 5.35. The first-order valence-electron chi connectivity index (χ1n) is 9.74. The molecule has 29 heavy (non-hydrogen) atoms. The van der Waals surface area contributed by atoms with Gasteiger partial charge in [0.15, 0.2) is 5.16 Å². The van der Waals surface area contributed by atoms with Gasteiger partial charge in [0.1, 0.15) is 6.54 Å². The Hall–Kier alpha value is -2.86. The number of carbonyl (C=O) groups excluding carboxylic acids is 1. The van der Waals surface area contributed by atoms with Crippen LogP contribution in [-0.4, -0.2) is 33.4 Å². The van der Waals surface area contributed by atoms with E-state index in [1.807, 2.05) is 74.5 Å². The second-order valence-electron chi connectivity index (χ2n) is 6.55. The Morgan fingerprint density at radius 1 is 1.00 bits per heavy atom. The molecule has 150 valence electrons. The molecule has 3 aromatic rings. The van der Waals surface area contributed by atoms with Crippen molar-refractivity contribution in [2.24, 2.45) is 0 Å². The zero-order valence-electron chi connectivity index (χ0n) is 16.7. The molecule has 0 N–H and O–H groups in total.